The predicted molar refractivity (Wildman–Crippen MR) is 95.0 cm³/mol. The SMILES string of the molecule is CCC(C)(CO)NC(=O)Nc1ccc(N2CCC(C)CC2)cc1. The number of piperidine rings is 1. The van der Waals surface area contributed by atoms with Gasteiger partial charge in [0.2, 0.25) is 0 Å². The molecule has 3 N–H and O–H groups in total. The molecule has 0 bridgehead atoms. The topological polar surface area (TPSA) is 64.6 Å². The van der Waals surface area contributed by atoms with Crippen LogP contribution in [0.3, 0.4) is 0 Å². The Bertz CT molecular complexity index is 504. The molecule has 1 aromatic rings. The Morgan fingerprint density at radius 1 is 1.30 bits per heavy atom. The highest BCUT2D eigenvalue weighted by Gasteiger charge is 2.23. The van der Waals surface area contributed by atoms with Gasteiger partial charge < -0.3 is 20.6 Å². The lowest BCUT2D eigenvalue weighted by Gasteiger charge is -2.32. The summed E-state index contributed by atoms with van der Waals surface area (Å²) >= 11 is 0. The number of aliphatic hydroxyl groups is 1. The fraction of sp³-hybridized carbons (Fsp3) is 0.611. The highest BCUT2D eigenvalue weighted by molar-refractivity contribution is 5.90. The lowest BCUT2D eigenvalue weighted by Crippen LogP contribution is -2.50. The van der Waals surface area contributed by atoms with Crippen molar-refractivity contribution in [2.45, 2.75) is 45.6 Å². The molecule has 1 saturated heterocycles. The number of urea groups is 1. The van der Waals surface area contributed by atoms with Crippen molar-refractivity contribution in [3.8, 4) is 0 Å². The van der Waals surface area contributed by atoms with Gasteiger partial charge in [-0.1, -0.05) is 13.8 Å². The molecule has 1 unspecified atom stereocenters. The molecule has 1 aliphatic heterocycles. The third kappa shape index (κ3) is 4.86. The van der Waals surface area contributed by atoms with Crippen LogP contribution < -0.4 is 15.5 Å². The molecule has 0 saturated carbocycles. The average Bonchev–Trinajstić information content (AvgIpc) is 2.56. The zero-order valence-corrected chi connectivity index (χ0v) is 14.4. The van der Waals surface area contributed by atoms with Gasteiger partial charge in [-0.25, -0.2) is 4.79 Å². The van der Waals surface area contributed by atoms with Crippen molar-refractivity contribution >= 4 is 17.4 Å². The minimum Gasteiger partial charge on any atom is -0.394 e. The summed E-state index contributed by atoms with van der Waals surface area (Å²) in [5.74, 6) is 0.815. The highest BCUT2D eigenvalue weighted by atomic mass is 16.3. The zero-order chi connectivity index (χ0) is 16.9. The quantitative estimate of drug-likeness (QED) is 0.781. The third-order valence-corrected chi connectivity index (χ3v) is 4.82. The van der Waals surface area contributed by atoms with E-state index in [2.05, 4.69) is 34.6 Å². The number of hydrogen-bond acceptors (Lipinski definition) is 3. The number of amides is 2. The molecule has 5 nitrogen and oxygen atoms in total. The summed E-state index contributed by atoms with van der Waals surface area (Å²) in [7, 11) is 0. The number of anilines is 2. The van der Waals surface area contributed by atoms with Crippen molar-refractivity contribution < 1.29 is 9.90 Å². The molecular formula is C18H29N3O2. The van der Waals surface area contributed by atoms with Crippen LogP contribution in [0.5, 0.6) is 0 Å². The van der Waals surface area contributed by atoms with Gasteiger partial charge in [0.1, 0.15) is 0 Å². The number of carbonyl (C=O) groups is 1. The normalized spacial score (nSPS) is 18.3. The first-order chi connectivity index (χ1) is 11.0. The molecule has 2 amide bonds. The molecule has 0 aromatic heterocycles. The highest BCUT2D eigenvalue weighted by Crippen LogP contribution is 2.24. The summed E-state index contributed by atoms with van der Waals surface area (Å²) in [6.45, 7) is 8.18. The Balaban J connectivity index is 1.91. The van der Waals surface area contributed by atoms with Crippen LogP contribution in [-0.4, -0.2) is 36.4 Å². The van der Waals surface area contributed by atoms with Gasteiger partial charge in [0.25, 0.3) is 0 Å². The molecule has 0 radical (unpaired) electrons. The Labute approximate surface area is 139 Å². The predicted octanol–water partition coefficient (Wildman–Crippen LogP) is 3.21. The molecule has 5 heteroatoms. The maximum absolute atomic E-state index is 12.0. The van der Waals surface area contributed by atoms with Crippen LogP contribution in [0.4, 0.5) is 16.2 Å². The van der Waals surface area contributed by atoms with Gasteiger partial charge in [-0.2, -0.15) is 0 Å². The smallest absolute Gasteiger partial charge is 0.319 e. The average molecular weight is 319 g/mol. The van der Waals surface area contributed by atoms with Crippen molar-refractivity contribution in [2.24, 2.45) is 5.92 Å². The Hall–Kier alpha value is -1.75. The first-order valence-corrected chi connectivity index (χ1v) is 8.51. The van der Waals surface area contributed by atoms with Crippen LogP contribution in [0.1, 0.15) is 40.0 Å². The molecule has 2 rings (SSSR count). The van der Waals surface area contributed by atoms with Crippen molar-refractivity contribution in [3.05, 3.63) is 24.3 Å². The van der Waals surface area contributed by atoms with E-state index in [0.717, 1.165) is 24.7 Å². The largest absolute Gasteiger partial charge is 0.394 e. The number of aliphatic hydroxyl groups excluding tert-OH is 1. The van der Waals surface area contributed by atoms with E-state index in [9.17, 15) is 9.90 Å². The van der Waals surface area contributed by atoms with Crippen molar-refractivity contribution in [1.82, 2.24) is 5.32 Å². The van der Waals surface area contributed by atoms with E-state index in [-0.39, 0.29) is 12.6 Å². The van der Waals surface area contributed by atoms with Gasteiger partial charge >= 0.3 is 6.03 Å². The molecular weight excluding hydrogens is 290 g/mol. The van der Waals surface area contributed by atoms with Crippen molar-refractivity contribution in [1.29, 1.82) is 0 Å². The second kappa shape index (κ2) is 7.68. The fourth-order valence-corrected chi connectivity index (χ4v) is 2.70. The van der Waals surface area contributed by atoms with Crippen molar-refractivity contribution in [3.63, 3.8) is 0 Å². The van der Waals surface area contributed by atoms with E-state index in [4.69, 9.17) is 0 Å². The minimum absolute atomic E-state index is 0.0801. The fourth-order valence-electron chi connectivity index (χ4n) is 2.70. The van der Waals surface area contributed by atoms with Crippen LogP contribution in [-0.2, 0) is 0 Å². The number of rotatable bonds is 5. The molecule has 0 spiro atoms. The van der Waals surface area contributed by atoms with Gasteiger partial charge in [0.15, 0.2) is 0 Å². The van der Waals surface area contributed by atoms with Crippen LogP contribution >= 0.6 is 0 Å². The van der Waals surface area contributed by atoms with Crippen LogP contribution in [0.2, 0.25) is 0 Å². The van der Waals surface area contributed by atoms with Crippen LogP contribution in [0.25, 0.3) is 0 Å². The molecule has 1 aliphatic rings. The first-order valence-electron chi connectivity index (χ1n) is 8.51. The van der Waals surface area contributed by atoms with Gasteiger partial charge in [0, 0.05) is 24.5 Å². The minimum atomic E-state index is -0.589. The Kier molecular flexibility index (Phi) is 5.88. The van der Waals surface area contributed by atoms with E-state index < -0.39 is 5.54 Å². The van der Waals surface area contributed by atoms with E-state index >= 15 is 0 Å². The molecule has 128 valence electrons. The Morgan fingerprint density at radius 3 is 2.43 bits per heavy atom. The van der Waals surface area contributed by atoms with E-state index in [1.807, 2.05) is 26.0 Å². The summed E-state index contributed by atoms with van der Waals surface area (Å²) < 4.78 is 0. The van der Waals surface area contributed by atoms with Gasteiger partial charge in [0.05, 0.1) is 12.1 Å². The van der Waals surface area contributed by atoms with Crippen LogP contribution in [0.15, 0.2) is 24.3 Å². The molecule has 0 aliphatic carbocycles. The zero-order valence-electron chi connectivity index (χ0n) is 14.4. The van der Waals surface area contributed by atoms with Gasteiger partial charge in [-0.3, -0.25) is 0 Å². The molecule has 23 heavy (non-hydrogen) atoms. The number of carbonyl (C=O) groups excluding carboxylic acids is 1. The first kappa shape index (κ1) is 17.6. The summed E-state index contributed by atoms with van der Waals surface area (Å²) in [5, 5.41) is 15.0. The number of benzene rings is 1. The second-order valence-electron chi connectivity index (χ2n) is 6.87. The number of hydrogen-bond donors (Lipinski definition) is 3. The number of nitrogens with zero attached hydrogens (tertiary/aromatic N) is 1. The summed E-state index contributed by atoms with van der Waals surface area (Å²) in [4.78, 5) is 14.4. The lowest BCUT2D eigenvalue weighted by molar-refractivity contribution is 0.172. The maximum atomic E-state index is 12.0. The summed E-state index contributed by atoms with van der Waals surface area (Å²) in [5.41, 5.74) is 1.37. The summed E-state index contributed by atoms with van der Waals surface area (Å²) in [6, 6.07) is 7.67. The van der Waals surface area contributed by atoms with E-state index in [1.54, 1.807) is 0 Å². The Morgan fingerprint density at radius 2 is 1.91 bits per heavy atom. The molecule has 1 aromatic carbocycles. The van der Waals surface area contributed by atoms with Gasteiger partial charge in [-0.05, 0) is 56.4 Å². The number of nitrogens with one attached hydrogen (secondary N) is 2. The maximum Gasteiger partial charge on any atom is 0.319 e. The van der Waals surface area contributed by atoms with E-state index in [0.29, 0.717) is 6.42 Å². The second-order valence-corrected chi connectivity index (χ2v) is 6.87. The van der Waals surface area contributed by atoms with Crippen molar-refractivity contribution in [2.75, 3.05) is 29.9 Å². The molecule has 1 atom stereocenters. The molecule has 1 heterocycles. The lowest BCUT2D eigenvalue weighted by atomic mass is 9.99. The van der Waals surface area contributed by atoms with Gasteiger partial charge in [-0.15, -0.1) is 0 Å². The summed E-state index contributed by atoms with van der Waals surface area (Å²) in [6.07, 6.45) is 3.14. The molecule has 1 fully saturated rings. The monoisotopic (exact) mass is 319 g/mol. The van der Waals surface area contributed by atoms with E-state index in [1.165, 1.54) is 18.5 Å². The third-order valence-electron chi connectivity index (χ3n) is 4.82. The van der Waals surface area contributed by atoms with Crippen LogP contribution in [0, 0.1) is 5.92 Å². The standard InChI is InChI=1S/C18H29N3O2/c1-4-18(3,13-22)20-17(23)19-15-5-7-16(8-6-15)21-11-9-14(2)10-12-21/h5-8,14,22H,4,9-13H2,1-3H3,(H2,19,20,23).